The molecule has 184 valence electrons. The standard InChI is InChI=1S/C22H30FN7O2S2/c23-17-8-10-18(11-9-17)30-20(15-28-12-4-2-5-13-28)24-25-22(30)33-16-21-27-34(31,32)26-19-7-3-1-6-14-29(19)21/h8-11,21,27H,1-7,12-16H2/t21-/m0/s1. The fraction of sp³-hybridized carbons (Fsp3) is 0.591. The zero-order valence-corrected chi connectivity index (χ0v) is 20.7. The van der Waals surface area contributed by atoms with Crippen molar-refractivity contribution in [2.24, 2.45) is 4.40 Å². The molecule has 0 saturated carbocycles. The van der Waals surface area contributed by atoms with Gasteiger partial charge in [-0.1, -0.05) is 24.6 Å². The van der Waals surface area contributed by atoms with Crippen LogP contribution in [0.5, 0.6) is 0 Å². The predicted molar refractivity (Wildman–Crippen MR) is 130 cm³/mol. The minimum absolute atomic E-state index is 0.298. The summed E-state index contributed by atoms with van der Waals surface area (Å²) >= 11 is 1.45. The number of amidine groups is 1. The third kappa shape index (κ3) is 5.45. The van der Waals surface area contributed by atoms with Crippen LogP contribution in [-0.2, 0) is 16.8 Å². The first-order valence-corrected chi connectivity index (χ1v) is 14.3. The van der Waals surface area contributed by atoms with Crippen LogP contribution in [0.3, 0.4) is 0 Å². The maximum atomic E-state index is 13.6. The number of nitrogens with one attached hydrogen (secondary N) is 1. The fourth-order valence-corrected chi connectivity index (χ4v) is 6.98. The Bertz CT molecular complexity index is 1130. The van der Waals surface area contributed by atoms with Crippen LogP contribution in [-0.4, -0.2) is 70.4 Å². The molecule has 0 aliphatic carbocycles. The van der Waals surface area contributed by atoms with E-state index in [9.17, 15) is 12.8 Å². The van der Waals surface area contributed by atoms with Crippen LogP contribution in [0.2, 0.25) is 0 Å². The van der Waals surface area contributed by atoms with Gasteiger partial charge in [-0.2, -0.15) is 13.1 Å². The zero-order valence-electron chi connectivity index (χ0n) is 19.1. The van der Waals surface area contributed by atoms with E-state index in [1.54, 1.807) is 12.1 Å². The topological polar surface area (TPSA) is 95.7 Å². The molecule has 0 radical (unpaired) electrons. The second kappa shape index (κ2) is 10.3. The van der Waals surface area contributed by atoms with E-state index >= 15 is 0 Å². The number of nitrogens with zero attached hydrogens (tertiary/aromatic N) is 6. The van der Waals surface area contributed by atoms with E-state index in [1.807, 2.05) is 4.57 Å². The van der Waals surface area contributed by atoms with Crippen LogP contribution in [0.1, 0.15) is 50.8 Å². The second-order valence-corrected chi connectivity index (χ2v) is 11.3. The first-order chi connectivity index (χ1) is 16.5. The summed E-state index contributed by atoms with van der Waals surface area (Å²) in [4.78, 5) is 4.45. The average Bonchev–Trinajstić information content (AvgIpc) is 3.06. The molecular formula is C22H30FN7O2S2. The van der Waals surface area contributed by atoms with E-state index in [1.165, 1.54) is 43.2 Å². The summed E-state index contributed by atoms with van der Waals surface area (Å²) in [6, 6.07) is 6.32. The van der Waals surface area contributed by atoms with Crippen LogP contribution >= 0.6 is 11.8 Å². The molecule has 3 aliphatic heterocycles. The lowest BCUT2D eigenvalue weighted by Crippen LogP contribution is -2.55. The van der Waals surface area contributed by atoms with Crippen molar-refractivity contribution in [2.75, 3.05) is 25.4 Å². The molecule has 0 spiro atoms. The summed E-state index contributed by atoms with van der Waals surface area (Å²) in [6.45, 7) is 3.50. The normalized spacial score (nSPS) is 23.3. The first kappa shape index (κ1) is 23.7. The van der Waals surface area contributed by atoms with Crippen LogP contribution in [0.25, 0.3) is 5.69 Å². The molecule has 2 fully saturated rings. The summed E-state index contributed by atoms with van der Waals surface area (Å²) in [5, 5.41) is 9.60. The Hall–Kier alpha value is -2.02. The van der Waals surface area contributed by atoms with E-state index in [-0.39, 0.29) is 5.82 Å². The van der Waals surface area contributed by atoms with Gasteiger partial charge in [-0.3, -0.25) is 9.47 Å². The Labute approximate surface area is 204 Å². The van der Waals surface area contributed by atoms with Crippen molar-refractivity contribution in [2.45, 2.75) is 62.8 Å². The summed E-state index contributed by atoms with van der Waals surface area (Å²) in [7, 11) is -3.71. The highest BCUT2D eigenvalue weighted by molar-refractivity contribution is 7.99. The van der Waals surface area contributed by atoms with E-state index in [0.717, 1.165) is 50.4 Å². The number of likely N-dealkylation sites (tertiary alicyclic amines) is 1. The first-order valence-electron chi connectivity index (χ1n) is 11.9. The highest BCUT2D eigenvalue weighted by Crippen LogP contribution is 2.27. The molecule has 3 aliphatic rings. The van der Waals surface area contributed by atoms with Gasteiger partial charge < -0.3 is 4.90 Å². The van der Waals surface area contributed by atoms with Crippen molar-refractivity contribution in [1.29, 1.82) is 0 Å². The lowest BCUT2D eigenvalue weighted by molar-refractivity contribution is 0.214. The van der Waals surface area contributed by atoms with Crippen molar-refractivity contribution in [3.8, 4) is 5.69 Å². The molecule has 4 heterocycles. The largest absolute Gasteiger partial charge is 0.342 e. The number of thioether (sulfide) groups is 1. The van der Waals surface area contributed by atoms with E-state index in [4.69, 9.17) is 0 Å². The molecule has 0 unspecified atom stereocenters. The molecule has 5 rings (SSSR count). The van der Waals surface area contributed by atoms with Gasteiger partial charge in [-0.05, 0) is 63.0 Å². The van der Waals surface area contributed by atoms with Gasteiger partial charge in [0.25, 0.3) is 0 Å². The second-order valence-electron chi connectivity index (χ2n) is 8.98. The Morgan fingerprint density at radius 1 is 1.00 bits per heavy atom. The van der Waals surface area contributed by atoms with Gasteiger partial charge in [-0.15, -0.1) is 14.6 Å². The molecule has 12 heteroatoms. The summed E-state index contributed by atoms with van der Waals surface area (Å²) in [6.07, 6.45) is 6.90. The van der Waals surface area contributed by atoms with Crippen LogP contribution < -0.4 is 4.72 Å². The number of aromatic nitrogens is 3. The predicted octanol–water partition coefficient (Wildman–Crippen LogP) is 2.93. The summed E-state index contributed by atoms with van der Waals surface area (Å²) < 4.78 is 47.0. The molecule has 1 N–H and O–H groups in total. The molecule has 9 nitrogen and oxygen atoms in total. The number of halogens is 1. The molecule has 34 heavy (non-hydrogen) atoms. The number of hydrogen-bond donors (Lipinski definition) is 1. The maximum Gasteiger partial charge on any atom is 0.323 e. The van der Waals surface area contributed by atoms with Crippen molar-refractivity contribution >= 4 is 27.8 Å². The Morgan fingerprint density at radius 2 is 1.74 bits per heavy atom. The van der Waals surface area contributed by atoms with Crippen molar-refractivity contribution < 1.29 is 12.8 Å². The van der Waals surface area contributed by atoms with Gasteiger partial charge in [0.2, 0.25) is 0 Å². The number of hydrogen-bond acceptors (Lipinski definition) is 7. The number of fused-ring (bicyclic) bond motifs is 1. The maximum absolute atomic E-state index is 13.6. The summed E-state index contributed by atoms with van der Waals surface area (Å²) in [5.74, 6) is 1.61. The number of benzene rings is 1. The SMILES string of the molecule is O=S1(=O)N=C2CCCCCN2[C@@H](CSc2nnc(CN3CCCCC3)n2-c2ccc(F)cc2)N1. The molecule has 1 aromatic carbocycles. The molecule has 0 amide bonds. The van der Waals surface area contributed by atoms with E-state index in [0.29, 0.717) is 29.7 Å². The quantitative estimate of drug-likeness (QED) is 0.601. The van der Waals surface area contributed by atoms with Gasteiger partial charge in [0, 0.05) is 24.4 Å². The monoisotopic (exact) mass is 507 g/mol. The van der Waals surface area contributed by atoms with Crippen LogP contribution in [0.15, 0.2) is 33.8 Å². The number of piperidine rings is 1. The Morgan fingerprint density at radius 3 is 2.53 bits per heavy atom. The molecule has 0 bridgehead atoms. The Balaban J connectivity index is 1.39. The highest BCUT2D eigenvalue weighted by atomic mass is 32.2. The molecule has 1 atom stereocenters. The average molecular weight is 508 g/mol. The van der Waals surface area contributed by atoms with Crippen molar-refractivity contribution in [3.05, 3.63) is 35.9 Å². The van der Waals surface area contributed by atoms with E-state index in [2.05, 4.69) is 29.1 Å². The van der Waals surface area contributed by atoms with Crippen LogP contribution in [0, 0.1) is 5.82 Å². The lowest BCUT2D eigenvalue weighted by Gasteiger charge is -2.35. The van der Waals surface area contributed by atoms with Gasteiger partial charge in [-0.25, -0.2) is 4.39 Å². The molecule has 2 saturated heterocycles. The van der Waals surface area contributed by atoms with Gasteiger partial charge >= 0.3 is 10.2 Å². The van der Waals surface area contributed by atoms with Gasteiger partial charge in [0.15, 0.2) is 11.0 Å². The third-order valence-corrected chi connectivity index (χ3v) is 8.51. The van der Waals surface area contributed by atoms with E-state index < -0.39 is 16.4 Å². The fourth-order valence-electron chi connectivity index (χ4n) is 4.79. The molecule has 2 aromatic rings. The zero-order chi connectivity index (χ0) is 23.5. The molecular weight excluding hydrogens is 477 g/mol. The smallest absolute Gasteiger partial charge is 0.323 e. The minimum atomic E-state index is -3.71. The Kier molecular flexibility index (Phi) is 7.19. The van der Waals surface area contributed by atoms with Gasteiger partial charge in [0.05, 0.1) is 6.54 Å². The molecule has 1 aromatic heterocycles. The number of rotatable bonds is 6. The van der Waals surface area contributed by atoms with Gasteiger partial charge in [0.1, 0.15) is 17.8 Å². The lowest BCUT2D eigenvalue weighted by atomic mass is 10.1. The summed E-state index contributed by atoms with van der Waals surface area (Å²) in [5.41, 5.74) is 0.794. The highest BCUT2D eigenvalue weighted by Gasteiger charge is 2.33. The minimum Gasteiger partial charge on any atom is -0.342 e. The van der Waals surface area contributed by atoms with Crippen molar-refractivity contribution in [3.63, 3.8) is 0 Å². The van der Waals surface area contributed by atoms with Crippen molar-refractivity contribution in [1.82, 2.24) is 29.3 Å². The third-order valence-electron chi connectivity index (χ3n) is 6.49. The van der Waals surface area contributed by atoms with Crippen LogP contribution in [0.4, 0.5) is 4.39 Å².